The molecule has 0 atom stereocenters. The second kappa shape index (κ2) is 4.73. The van der Waals surface area contributed by atoms with Gasteiger partial charge in [-0.3, -0.25) is 4.79 Å². The number of ether oxygens (including phenoxy) is 2. The number of carbonyl (C=O) groups excluding carboxylic acids is 1. The number of aromatic hydroxyl groups is 1. The van der Waals surface area contributed by atoms with Gasteiger partial charge in [-0.2, -0.15) is 0 Å². The average Bonchev–Trinajstić information content (AvgIpc) is 2.26. The summed E-state index contributed by atoms with van der Waals surface area (Å²) in [7, 11) is 8.08. The van der Waals surface area contributed by atoms with Gasteiger partial charge in [0.2, 0.25) is 0 Å². The summed E-state index contributed by atoms with van der Waals surface area (Å²) in [5.74, 6) is 0.0916. The van der Waals surface area contributed by atoms with Crippen molar-refractivity contribution in [3.05, 3.63) is 17.7 Å². The molecule has 1 aromatic rings. The second-order valence-electron chi connectivity index (χ2n) is 2.85. The Morgan fingerprint density at radius 3 is 2.53 bits per heavy atom. The highest BCUT2D eigenvalue weighted by Gasteiger charge is 2.17. The van der Waals surface area contributed by atoms with Gasteiger partial charge in [0, 0.05) is 12.1 Å². The molecule has 1 aromatic carbocycles. The average molecular weight is 206 g/mol. The maximum Gasteiger partial charge on any atom is 0.161 e. The van der Waals surface area contributed by atoms with Crippen LogP contribution in [-0.2, 0) is 0 Å². The predicted molar refractivity (Wildman–Crippen MR) is 56.1 cm³/mol. The molecule has 0 aromatic heterocycles. The van der Waals surface area contributed by atoms with Crippen LogP contribution in [0.2, 0.25) is 6.32 Å². The first kappa shape index (κ1) is 11.4. The molecule has 4 nitrogen and oxygen atoms in total. The summed E-state index contributed by atoms with van der Waals surface area (Å²) in [4.78, 5) is 11.4. The van der Waals surface area contributed by atoms with E-state index in [9.17, 15) is 9.90 Å². The number of hydrogen-bond donors (Lipinski definition) is 1. The Morgan fingerprint density at radius 1 is 1.40 bits per heavy atom. The molecule has 0 saturated heterocycles. The summed E-state index contributed by atoms with van der Waals surface area (Å²) in [6, 6.07) is 2.86. The summed E-state index contributed by atoms with van der Waals surface area (Å²) in [5.41, 5.74) is 0.0841. The fourth-order valence-electron chi connectivity index (χ4n) is 1.24. The molecular formula is C10H11BO4. The van der Waals surface area contributed by atoms with Crippen LogP contribution in [0, 0.1) is 0 Å². The molecule has 0 unspecified atom stereocenters. The van der Waals surface area contributed by atoms with Crippen LogP contribution >= 0.6 is 0 Å². The van der Waals surface area contributed by atoms with Crippen molar-refractivity contribution in [1.82, 2.24) is 0 Å². The van der Waals surface area contributed by atoms with Gasteiger partial charge in [0.15, 0.2) is 5.78 Å². The SMILES string of the molecule is [B]CC(=O)c1c(O)cc(OC)cc1OC. The Hall–Kier alpha value is -1.65. The largest absolute Gasteiger partial charge is 0.507 e. The number of hydrogen-bond acceptors (Lipinski definition) is 4. The van der Waals surface area contributed by atoms with Crippen LogP contribution in [0.15, 0.2) is 12.1 Å². The summed E-state index contributed by atoms with van der Waals surface area (Å²) in [6.07, 6.45) is -0.184. The molecular weight excluding hydrogens is 195 g/mol. The minimum Gasteiger partial charge on any atom is -0.507 e. The summed E-state index contributed by atoms with van der Waals surface area (Å²) >= 11 is 0. The Bertz CT molecular complexity index is 376. The third-order valence-corrected chi connectivity index (χ3v) is 1.97. The van der Waals surface area contributed by atoms with E-state index in [0.717, 1.165) is 0 Å². The zero-order chi connectivity index (χ0) is 11.4. The normalized spacial score (nSPS) is 9.73. The third kappa shape index (κ3) is 2.23. The van der Waals surface area contributed by atoms with Gasteiger partial charge in [0.1, 0.15) is 22.8 Å². The molecule has 0 spiro atoms. The minimum absolute atomic E-state index is 0.0841. The van der Waals surface area contributed by atoms with Crippen LogP contribution in [0.1, 0.15) is 10.4 Å². The van der Waals surface area contributed by atoms with E-state index in [2.05, 4.69) is 0 Å². The van der Waals surface area contributed by atoms with Crippen molar-refractivity contribution in [2.45, 2.75) is 6.32 Å². The highest BCUT2D eigenvalue weighted by atomic mass is 16.5. The van der Waals surface area contributed by atoms with Crippen molar-refractivity contribution >= 4 is 13.6 Å². The first-order valence-electron chi connectivity index (χ1n) is 4.32. The number of Topliss-reactive ketones (excluding diaryl/α,β-unsaturated/α-hetero) is 1. The van der Waals surface area contributed by atoms with Gasteiger partial charge >= 0.3 is 0 Å². The Morgan fingerprint density at radius 2 is 2.07 bits per heavy atom. The monoisotopic (exact) mass is 206 g/mol. The number of methoxy groups -OCH3 is 2. The van der Waals surface area contributed by atoms with Gasteiger partial charge in [-0.05, 0) is 6.32 Å². The predicted octanol–water partition coefficient (Wildman–Crippen LogP) is 1.18. The smallest absolute Gasteiger partial charge is 0.161 e. The van der Waals surface area contributed by atoms with Crippen molar-refractivity contribution in [3.63, 3.8) is 0 Å². The molecule has 0 aliphatic heterocycles. The van der Waals surface area contributed by atoms with Crippen molar-refractivity contribution < 1.29 is 19.4 Å². The molecule has 1 N–H and O–H groups in total. The summed E-state index contributed by atoms with van der Waals surface area (Å²) in [6.45, 7) is 0. The van der Waals surface area contributed by atoms with Crippen molar-refractivity contribution in [1.29, 1.82) is 0 Å². The molecule has 0 amide bonds. The molecule has 0 bridgehead atoms. The van der Waals surface area contributed by atoms with Crippen LogP contribution in [0.3, 0.4) is 0 Å². The maximum absolute atomic E-state index is 11.4. The van der Waals surface area contributed by atoms with Gasteiger partial charge < -0.3 is 14.6 Å². The van der Waals surface area contributed by atoms with Crippen LogP contribution in [0.5, 0.6) is 17.2 Å². The number of rotatable bonds is 4. The van der Waals surface area contributed by atoms with Crippen LogP contribution in [-0.4, -0.2) is 33.0 Å². The van der Waals surface area contributed by atoms with Crippen LogP contribution in [0.25, 0.3) is 0 Å². The molecule has 15 heavy (non-hydrogen) atoms. The van der Waals surface area contributed by atoms with E-state index in [1.807, 2.05) is 0 Å². The lowest BCUT2D eigenvalue weighted by Crippen LogP contribution is -2.02. The van der Waals surface area contributed by atoms with Gasteiger partial charge in [-0.25, -0.2) is 0 Å². The fourth-order valence-corrected chi connectivity index (χ4v) is 1.24. The van der Waals surface area contributed by atoms with Gasteiger partial charge in [0.05, 0.1) is 22.1 Å². The molecule has 0 saturated carbocycles. The van der Waals surface area contributed by atoms with E-state index in [4.69, 9.17) is 17.3 Å². The molecule has 0 fully saturated rings. The zero-order valence-electron chi connectivity index (χ0n) is 8.61. The zero-order valence-corrected chi connectivity index (χ0v) is 8.61. The molecule has 1 rings (SSSR count). The minimum atomic E-state index is -0.382. The molecule has 0 aliphatic carbocycles. The molecule has 2 radical (unpaired) electrons. The lowest BCUT2D eigenvalue weighted by Gasteiger charge is -2.10. The first-order chi connectivity index (χ1) is 7.13. The van der Waals surface area contributed by atoms with E-state index < -0.39 is 0 Å². The van der Waals surface area contributed by atoms with Crippen LogP contribution in [0.4, 0.5) is 0 Å². The lowest BCUT2D eigenvalue weighted by molar-refractivity contribution is 0.101. The van der Waals surface area contributed by atoms with E-state index in [1.54, 1.807) is 0 Å². The van der Waals surface area contributed by atoms with Gasteiger partial charge in [0.25, 0.3) is 0 Å². The second-order valence-corrected chi connectivity index (χ2v) is 2.85. The Labute approximate surface area is 89.2 Å². The van der Waals surface area contributed by atoms with E-state index in [1.165, 1.54) is 26.4 Å². The Kier molecular flexibility index (Phi) is 3.60. The maximum atomic E-state index is 11.4. The number of carbonyl (C=O) groups is 1. The highest BCUT2D eigenvalue weighted by Crippen LogP contribution is 2.33. The topological polar surface area (TPSA) is 55.8 Å². The molecule has 5 heteroatoms. The summed E-state index contributed by atoms with van der Waals surface area (Å²) in [5, 5.41) is 9.60. The number of phenols is 1. The van der Waals surface area contributed by atoms with Crippen molar-refractivity contribution in [2.75, 3.05) is 14.2 Å². The van der Waals surface area contributed by atoms with Gasteiger partial charge in [-0.1, -0.05) is 0 Å². The number of ketones is 1. The van der Waals surface area contributed by atoms with Gasteiger partial charge in [-0.15, -0.1) is 0 Å². The molecule has 0 heterocycles. The van der Waals surface area contributed by atoms with E-state index in [0.29, 0.717) is 5.75 Å². The Balaban J connectivity index is 3.30. The number of phenolic OH excluding ortho intramolecular Hbond substituents is 1. The standard InChI is InChI=1S/C10H11BO4/c1-14-6-3-7(12)10(8(13)5-11)9(4-6)15-2/h3-4,12H,5H2,1-2H3. The molecule has 0 aliphatic rings. The first-order valence-corrected chi connectivity index (χ1v) is 4.32. The van der Waals surface area contributed by atoms with E-state index >= 15 is 0 Å². The highest BCUT2D eigenvalue weighted by molar-refractivity contribution is 6.25. The molecule has 78 valence electrons. The lowest BCUT2D eigenvalue weighted by atomic mass is 9.94. The van der Waals surface area contributed by atoms with Crippen molar-refractivity contribution in [3.8, 4) is 17.2 Å². The summed E-state index contributed by atoms with van der Waals surface area (Å²) < 4.78 is 9.90. The fraction of sp³-hybridized carbons (Fsp3) is 0.300. The van der Waals surface area contributed by atoms with E-state index in [-0.39, 0.29) is 29.2 Å². The number of benzene rings is 1. The van der Waals surface area contributed by atoms with Crippen LogP contribution < -0.4 is 9.47 Å². The van der Waals surface area contributed by atoms with Crippen molar-refractivity contribution in [2.24, 2.45) is 0 Å². The third-order valence-electron chi connectivity index (χ3n) is 1.97. The quantitative estimate of drug-likeness (QED) is 0.593.